The minimum atomic E-state index is -0.388. The van der Waals surface area contributed by atoms with Gasteiger partial charge in [0.1, 0.15) is 0 Å². The lowest BCUT2D eigenvalue weighted by atomic mass is 10.1. The van der Waals surface area contributed by atoms with Gasteiger partial charge in [-0.15, -0.1) is 0 Å². The SMILES string of the molecule is Cc1nc(-c2ccccc2)ccc1C(=O)NC(CC(N)=O)C1CC1. The number of carbonyl (C=O) groups excluding carboxylic acids is 2. The van der Waals surface area contributed by atoms with Gasteiger partial charge in [0.25, 0.3) is 5.91 Å². The number of pyridine rings is 1. The molecule has 0 radical (unpaired) electrons. The van der Waals surface area contributed by atoms with E-state index < -0.39 is 0 Å². The van der Waals surface area contributed by atoms with Crippen molar-refractivity contribution in [3.63, 3.8) is 0 Å². The van der Waals surface area contributed by atoms with Crippen LogP contribution in [0.2, 0.25) is 0 Å². The second kappa shape index (κ2) is 6.83. The molecule has 1 saturated carbocycles. The Balaban J connectivity index is 1.76. The van der Waals surface area contributed by atoms with E-state index in [1.165, 1.54) is 0 Å². The fourth-order valence-electron chi connectivity index (χ4n) is 2.87. The number of aryl methyl sites for hydroxylation is 1. The maximum absolute atomic E-state index is 12.5. The number of carbonyl (C=O) groups is 2. The molecule has 2 amide bonds. The summed E-state index contributed by atoms with van der Waals surface area (Å²) >= 11 is 0. The Hall–Kier alpha value is -2.69. The monoisotopic (exact) mass is 323 g/mol. The molecule has 1 aliphatic rings. The molecule has 24 heavy (non-hydrogen) atoms. The molecule has 5 heteroatoms. The van der Waals surface area contributed by atoms with E-state index in [2.05, 4.69) is 10.3 Å². The summed E-state index contributed by atoms with van der Waals surface area (Å²) in [4.78, 5) is 28.3. The Morgan fingerprint density at radius 1 is 1.21 bits per heavy atom. The van der Waals surface area contributed by atoms with E-state index in [4.69, 9.17) is 5.73 Å². The summed E-state index contributed by atoms with van der Waals surface area (Å²) in [6.45, 7) is 1.82. The molecule has 1 fully saturated rings. The largest absolute Gasteiger partial charge is 0.370 e. The van der Waals surface area contributed by atoms with Crippen LogP contribution in [0.15, 0.2) is 42.5 Å². The topological polar surface area (TPSA) is 85.1 Å². The molecule has 1 unspecified atom stereocenters. The summed E-state index contributed by atoms with van der Waals surface area (Å²) in [7, 11) is 0. The van der Waals surface area contributed by atoms with E-state index in [0.29, 0.717) is 17.2 Å². The van der Waals surface area contributed by atoms with Crippen LogP contribution in [0.5, 0.6) is 0 Å². The fraction of sp³-hybridized carbons (Fsp3) is 0.316. The van der Waals surface area contributed by atoms with Crippen molar-refractivity contribution in [3.05, 3.63) is 53.7 Å². The number of aromatic nitrogens is 1. The number of amides is 2. The summed E-state index contributed by atoms with van der Waals surface area (Å²) in [5, 5.41) is 2.95. The van der Waals surface area contributed by atoms with Gasteiger partial charge < -0.3 is 11.1 Å². The van der Waals surface area contributed by atoms with Gasteiger partial charge in [0.2, 0.25) is 5.91 Å². The second-order valence-electron chi connectivity index (χ2n) is 6.28. The smallest absolute Gasteiger partial charge is 0.253 e. The Labute approximate surface area is 141 Å². The molecule has 0 bridgehead atoms. The standard InChI is InChI=1S/C19H21N3O2/c1-12-15(9-10-16(21-12)13-5-3-2-4-6-13)19(24)22-17(11-18(20)23)14-7-8-14/h2-6,9-10,14,17H,7-8,11H2,1H3,(H2,20,23)(H,22,24). The van der Waals surface area contributed by atoms with Crippen molar-refractivity contribution in [1.82, 2.24) is 10.3 Å². The summed E-state index contributed by atoms with van der Waals surface area (Å²) in [5.41, 5.74) is 8.33. The van der Waals surface area contributed by atoms with E-state index in [9.17, 15) is 9.59 Å². The lowest BCUT2D eigenvalue weighted by Crippen LogP contribution is -2.39. The molecule has 0 saturated heterocycles. The Morgan fingerprint density at radius 2 is 1.92 bits per heavy atom. The highest BCUT2D eigenvalue weighted by molar-refractivity contribution is 5.96. The van der Waals surface area contributed by atoms with Crippen LogP contribution in [0.3, 0.4) is 0 Å². The average Bonchev–Trinajstić information content (AvgIpc) is 3.39. The van der Waals surface area contributed by atoms with Gasteiger partial charge in [-0.1, -0.05) is 30.3 Å². The molecular formula is C19H21N3O2. The first-order valence-electron chi connectivity index (χ1n) is 8.17. The summed E-state index contributed by atoms with van der Waals surface area (Å²) in [6, 6.07) is 13.3. The Kier molecular flexibility index (Phi) is 4.60. The third-order valence-electron chi connectivity index (χ3n) is 4.33. The van der Waals surface area contributed by atoms with Crippen molar-refractivity contribution in [1.29, 1.82) is 0 Å². The number of primary amides is 1. The zero-order valence-electron chi connectivity index (χ0n) is 13.7. The molecule has 3 N–H and O–H groups in total. The Morgan fingerprint density at radius 3 is 2.50 bits per heavy atom. The number of benzene rings is 1. The number of nitrogens with zero attached hydrogens (tertiary/aromatic N) is 1. The van der Waals surface area contributed by atoms with Crippen LogP contribution in [0.4, 0.5) is 0 Å². The molecule has 1 heterocycles. The number of hydrogen-bond acceptors (Lipinski definition) is 3. The third kappa shape index (κ3) is 3.79. The zero-order valence-corrected chi connectivity index (χ0v) is 13.7. The molecule has 3 rings (SSSR count). The third-order valence-corrected chi connectivity index (χ3v) is 4.33. The first-order chi connectivity index (χ1) is 11.5. The van der Waals surface area contributed by atoms with Gasteiger partial charge >= 0.3 is 0 Å². The molecule has 124 valence electrons. The maximum Gasteiger partial charge on any atom is 0.253 e. The molecule has 2 aromatic rings. The summed E-state index contributed by atoms with van der Waals surface area (Å²) in [5.74, 6) is -0.224. The summed E-state index contributed by atoms with van der Waals surface area (Å²) < 4.78 is 0. The normalized spacial score (nSPS) is 14.9. The van der Waals surface area contributed by atoms with Crippen molar-refractivity contribution < 1.29 is 9.59 Å². The fourth-order valence-corrected chi connectivity index (χ4v) is 2.87. The van der Waals surface area contributed by atoms with Crippen LogP contribution in [-0.4, -0.2) is 22.8 Å². The lowest BCUT2D eigenvalue weighted by Gasteiger charge is -2.17. The minimum Gasteiger partial charge on any atom is -0.370 e. The van der Waals surface area contributed by atoms with Crippen LogP contribution in [0, 0.1) is 12.8 Å². The number of hydrogen-bond donors (Lipinski definition) is 2. The van der Waals surface area contributed by atoms with Gasteiger partial charge in [-0.2, -0.15) is 0 Å². The van der Waals surface area contributed by atoms with Gasteiger partial charge in [0.05, 0.1) is 17.0 Å². The lowest BCUT2D eigenvalue weighted by molar-refractivity contribution is -0.118. The highest BCUT2D eigenvalue weighted by atomic mass is 16.2. The van der Waals surface area contributed by atoms with Gasteiger partial charge in [0.15, 0.2) is 0 Å². The highest BCUT2D eigenvalue weighted by Gasteiger charge is 2.33. The van der Waals surface area contributed by atoms with Crippen molar-refractivity contribution in [3.8, 4) is 11.3 Å². The molecule has 0 spiro atoms. The van der Waals surface area contributed by atoms with Crippen LogP contribution in [-0.2, 0) is 4.79 Å². The first-order valence-corrected chi connectivity index (χ1v) is 8.17. The molecular weight excluding hydrogens is 302 g/mol. The predicted octanol–water partition coefficient (Wildman–Crippen LogP) is 2.44. The second-order valence-corrected chi connectivity index (χ2v) is 6.28. The minimum absolute atomic E-state index is 0.178. The van der Waals surface area contributed by atoms with E-state index in [0.717, 1.165) is 24.1 Å². The molecule has 1 aromatic carbocycles. The van der Waals surface area contributed by atoms with Crippen molar-refractivity contribution in [2.45, 2.75) is 32.2 Å². The predicted molar refractivity (Wildman–Crippen MR) is 92.2 cm³/mol. The first kappa shape index (κ1) is 16.2. The van der Waals surface area contributed by atoms with Crippen molar-refractivity contribution in [2.24, 2.45) is 11.7 Å². The number of rotatable bonds is 6. The van der Waals surface area contributed by atoms with Gasteiger partial charge in [-0.3, -0.25) is 14.6 Å². The summed E-state index contributed by atoms with van der Waals surface area (Å²) in [6.07, 6.45) is 2.25. The van der Waals surface area contributed by atoms with Crippen molar-refractivity contribution in [2.75, 3.05) is 0 Å². The average molecular weight is 323 g/mol. The van der Waals surface area contributed by atoms with Crippen LogP contribution in [0.1, 0.15) is 35.3 Å². The van der Waals surface area contributed by atoms with Crippen LogP contribution >= 0.6 is 0 Å². The van der Waals surface area contributed by atoms with Crippen LogP contribution < -0.4 is 11.1 Å². The molecule has 1 atom stereocenters. The van der Waals surface area contributed by atoms with E-state index in [1.807, 2.05) is 43.3 Å². The number of nitrogens with one attached hydrogen (secondary N) is 1. The van der Waals surface area contributed by atoms with Gasteiger partial charge in [-0.25, -0.2) is 0 Å². The quantitative estimate of drug-likeness (QED) is 0.856. The maximum atomic E-state index is 12.5. The van der Waals surface area contributed by atoms with Crippen LogP contribution in [0.25, 0.3) is 11.3 Å². The van der Waals surface area contributed by atoms with E-state index in [1.54, 1.807) is 6.07 Å². The molecule has 1 aliphatic carbocycles. The highest BCUT2D eigenvalue weighted by Crippen LogP contribution is 2.34. The molecule has 0 aliphatic heterocycles. The molecule has 1 aromatic heterocycles. The van der Waals surface area contributed by atoms with E-state index in [-0.39, 0.29) is 24.3 Å². The van der Waals surface area contributed by atoms with Crippen molar-refractivity contribution >= 4 is 11.8 Å². The van der Waals surface area contributed by atoms with Gasteiger partial charge in [0, 0.05) is 18.0 Å². The number of nitrogens with two attached hydrogens (primary N) is 1. The zero-order chi connectivity index (χ0) is 17.1. The molecule has 5 nitrogen and oxygen atoms in total. The van der Waals surface area contributed by atoms with Gasteiger partial charge in [-0.05, 0) is 37.8 Å². The Bertz CT molecular complexity index is 754. The van der Waals surface area contributed by atoms with E-state index >= 15 is 0 Å².